The van der Waals surface area contributed by atoms with E-state index in [0.29, 0.717) is 16.3 Å². The van der Waals surface area contributed by atoms with Gasteiger partial charge in [-0.25, -0.2) is 12.8 Å². The Bertz CT molecular complexity index is 1140. The first kappa shape index (κ1) is 19.4. The molecular formula is C20H17ClFNO3S2. The summed E-state index contributed by atoms with van der Waals surface area (Å²) in [6.07, 6.45) is 0.387. The van der Waals surface area contributed by atoms with Gasteiger partial charge in [0, 0.05) is 22.7 Å². The summed E-state index contributed by atoms with van der Waals surface area (Å²) in [6, 6.07) is 12.9. The lowest BCUT2D eigenvalue weighted by Gasteiger charge is -2.28. The van der Waals surface area contributed by atoms with Crippen molar-refractivity contribution in [3.8, 4) is 0 Å². The van der Waals surface area contributed by atoms with Gasteiger partial charge in [0.05, 0.1) is 16.5 Å². The molecular weight excluding hydrogens is 421 g/mol. The van der Waals surface area contributed by atoms with Gasteiger partial charge >= 0.3 is 0 Å². The van der Waals surface area contributed by atoms with Crippen molar-refractivity contribution in [3.05, 3.63) is 69.8 Å². The molecule has 1 unspecified atom stereocenters. The van der Waals surface area contributed by atoms with Gasteiger partial charge in [-0.15, -0.1) is 11.3 Å². The summed E-state index contributed by atoms with van der Waals surface area (Å²) in [7, 11) is -3.17. The second-order valence-corrected chi connectivity index (χ2v) is 10.5. The molecule has 8 heteroatoms. The van der Waals surface area contributed by atoms with Gasteiger partial charge in [0.2, 0.25) is 0 Å². The maximum absolute atomic E-state index is 13.4. The lowest BCUT2D eigenvalue weighted by atomic mass is 10.1. The molecule has 0 spiro atoms. The number of benzene rings is 2. The summed E-state index contributed by atoms with van der Waals surface area (Å²) < 4.78 is 38.1. The molecule has 0 radical (unpaired) electrons. The van der Waals surface area contributed by atoms with Crippen molar-refractivity contribution < 1.29 is 17.6 Å². The normalized spacial score (nSPS) is 18.4. The number of hydrogen-bond acceptors (Lipinski definition) is 4. The molecule has 1 aromatic heterocycles. The van der Waals surface area contributed by atoms with Gasteiger partial charge in [-0.3, -0.25) is 4.79 Å². The molecule has 28 heavy (non-hydrogen) atoms. The van der Waals surface area contributed by atoms with Crippen LogP contribution in [0.5, 0.6) is 0 Å². The van der Waals surface area contributed by atoms with E-state index >= 15 is 0 Å². The lowest BCUT2D eigenvalue weighted by molar-refractivity contribution is 0.0686. The average Bonchev–Trinajstić information content (AvgIpc) is 3.20. The number of rotatable bonds is 4. The predicted octanol–water partition coefficient (Wildman–Crippen LogP) is 4.52. The Kier molecular flexibility index (Phi) is 5.16. The van der Waals surface area contributed by atoms with Gasteiger partial charge in [-0.1, -0.05) is 41.9 Å². The molecule has 146 valence electrons. The van der Waals surface area contributed by atoms with Crippen LogP contribution in [0.1, 0.15) is 21.7 Å². The minimum atomic E-state index is -3.17. The highest BCUT2D eigenvalue weighted by molar-refractivity contribution is 7.91. The molecule has 0 bridgehead atoms. The Balaban J connectivity index is 1.72. The molecule has 1 saturated heterocycles. The van der Waals surface area contributed by atoms with Gasteiger partial charge in [-0.2, -0.15) is 0 Å². The highest BCUT2D eigenvalue weighted by atomic mass is 35.5. The average molecular weight is 438 g/mol. The minimum Gasteiger partial charge on any atom is -0.330 e. The first-order valence-electron chi connectivity index (χ1n) is 8.77. The third-order valence-electron chi connectivity index (χ3n) is 4.91. The van der Waals surface area contributed by atoms with E-state index in [-0.39, 0.29) is 29.8 Å². The molecule has 0 N–H and O–H groups in total. The number of carbonyl (C=O) groups is 1. The first-order chi connectivity index (χ1) is 13.3. The maximum atomic E-state index is 13.4. The number of amides is 1. The molecule has 1 fully saturated rings. The monoisotopic (exact) mass is 437 g/mol. The van der Waals surface area contributed by atoms with Crippen LogP contribution in [0.15, 0.2) is 48.5 Å². The maximum Gasteiger partial charge on any atom is 0.266 e. The molecule has 0 saturated carbocycles. The summed E-state index contributed by atoms with van der Waals surface area (Å²) in [4.78, 5) is 15.3. The van der Waals surface area contributed by atoms with Gasteiger partial charge in [0.25, 0.3) is 5.91 Å². The molecule has 1 aliphatic heterocycles. The smallest absolute Gasteiger partial charge is 0.266 e. The van der Waals surface area contributed by atoms with Crippen LogP contribution in [0, 0.1) is 5.82 Å². The van der Waals surface area contributed by atoms with Crippen LogP contribution >= 0.6 is 22.9 Å². The van der Waals surface area contributed by atoms with E-state index in [2.05, 4.69) is 0 Å². The third-order valence-corrected chi connectivity index (χ3v) is 8.32. The van der Waals surface area contributed by atoms with Gasteiger partial charge < -0.3 is 4.90 Å². The van der Waals surface area contributed by atoms with Crippen LogP contribution < -0.4 is 0 Å². The van der Waals surface area contributed by atoms with E-state index in [0.717, 1.165) is 15.6 Å². The molecule has 0 aliphatic carbocycles. The Morgan fingerprint density at radius 1 is 1.18 bits per heavy atom. The zero-order chi connectivity index (χ0) is 19.9. The molecule has 3 aromatic rings. The molecule has 1 amide bonds. The summed E-state index contributed by atoms with van der Waals surface area (Å²) in [6.45, 7) is 0.198. The van der Waals surface area contributed by atoms with Crippen LogP contribution in [0.4, 0.5) is 4.39 Å². The number of nitrogens with zero attached hydrogens (tertiary/aromatic N) is 1. The Hall–Kier alpha value is -1.96. The molecule has 1 atom stereocenters. The Morgan fingerprint density at radius 3 is 2.54 bits per heavy atom. The summed E-state index contributed by atoms with van der Waals surface area (Å²) in [5, 5.41) is 1.19. The number of thiophene rings is 1. The predicted molar refractivity (Wildman–Crippen MR) is 110 cm³/mol. The minimum absolute atomic E-state index is 0.0605. The van der Waals surface area contributed by atoms with Crippen molar-refractivity contribution in [2.45, 2.75) is 19.0 Å². The highest BCUT2D eigenvalue weighted by Crippen LogP contribution is 2.37. The summed E-state index contributed by atoms with van der Waals surface area (Å²) in [5.74, 6) is -0.664. The number of sulfone groups is 1. The van der Waals surface area contributed by atoms with Crippen molar-refractivity contribution >= 4 is 48.8 Å². The van der Waals surface area contributed by atoms with Gasteiger partial charge in [0.15, 0.2) is 9.84 Å². The second-order valence-electron chi connectivity index (χ2n) is 6.86. The number of hydrogen-bond donors (Lipinski definition) is 0. The van der Waals surface area contributed by atoms with Crippen LogP contribution in [0.3, 0.4) is 0 Å². The van der Waals surface area contributed by atoms with Crippen LogP contribution in [-0.2, 0) is 16.4 Å². The zero-order valence-electron chi connectivity index (χ0n) is 14.8. The molecule has 1 aliphatic rings. The lowest BCUT2D eigenvalue weighted by Crippen LogP contribution is -2.40. The van der Waals surface area contributed by atoms with E-state index in [1.807, 2.05) is 24.3 Å². The molecule has 2 aromatic carbocycles. The SMILES string of the molecule is O=C(c1sc2ccccc2c1Cl)N(Cc1ccc(F)cc1)C1CCS(=O)(=O)C1. The first-order valence-corrected chi connectivity index (χ1v) is 11.8. The highest BCUT2D eigenvalue weighted by Gasteiger charge is 2.36. The Morgan fingerprint density at radius 2 is 1.89 bits per heavy atom. The van der Waals surface area contributed by atoms with Gasteiger partial charge in [0.1, 0.15) is 10.7 Å². The van der Waals surface area contributed by atoms with E-state index in [1.165, 1.54) is 23.5 Å². The van der Waals surface area contributed by atoms with E-state index < -0.39 is 15.9 Å². The standard InChI is InChI=1S/C20H17ClFNO3S2/c21-18-16-3-1-2-4-17(16)27-19(18)20(24)23(15-9-10-28(25,26)12-15)11-13-5-7-14(22)8-6-13/h1-8,15H,9-12H2. The van der Waals surface area contributed by atoms with Crippen molar-refractivity contribution in [3.63, 3.8) is 0 Å². The fourth-order valence-electron chi connectivity index (χ4n) is 3.46. The van der Waals surface area contributed by atoms with E-state index in [1.54, 1.807) is 17.0 Å². The number of halogens is 2. The van der Waals surface area contributed by atoms with Crippen LogP contribution in [0.2, 0.25) is 5.02 Å². The fourth-order valence-corrected chi connectivity index (χ4v) is 6.66. The fraction of sp³-hybridized carbons (Fsp3) is 0.250. The number of carbonyl (C=O) groups excluding carboxylic acids is 1. The summed E-state index contributed by atoms with van der Waals surface area (Å²) >= 11 is 7.78. The quantitative estimate of drug-likeness (QED) is 0.602. The van der Waals surface area contributed by atoms with Gasteiger partial charge in [-0.05, 0) is 30.2 Å². The number of fused-ring (bicyclic) bond motifs is 1. The summed E-state index contributed by atoms with van der Waals surface area (Å²) in [5.41, 5.74) is 0.733. The van der Waals surface area contributed by atoms with Crippen LogP contribution in [0.25, 0.3) is 10.1 Å². The van der Waals surface area contributed by atoms with Crippen LogP contribution in [-0.4, -0.2) is 36.8 Å². The molecule has 4 nitrogen and oxygen atoms in total. The van der Waals surface area contributed by atoms with Crippen molar-refractivity contribution in [1.82, 2.24) is 4.90 Å². The largest absolute Gasteiger partial charge is 0.330 e. The zero-order valence-corrected chi connectivity index (χ0v) is 17.2. The van der Waals surface area contributed by atoms with E-state index in [9.17, 15) is 17.6 Å². The third kappa shape index (κ3) is 3.79. The molecule has 4 rings (SSSR count). The van der Waals surface area contributed by atoms with Crippen molar-refractivity contribution in [2.75, 3.05) is 11.5 Å². The topological polar surface area (TPSA) is 54.5 Å². The molecule has 2 heterocycles. The van der Waals surface area contributed by atoms with E-state index in [4.69, 9.17) is 11.6 Å². The van der Waals surface area contributed by atoms with Crippen molar-refractivity contribution in [2.24, 2.45) is 0 Å². The second kappa shape index (κ2) is 7.46. The van der Waals surface area contributed by atoms with Crippen molar-refractivity contribution in [1.29, 1.82) is 0 Å². The Labute approximate surface area is 171 Å².